The highest BCUT2D eigenvalue weighted by Gasteiger charge is 2.07. The van der Waals surface area contributed by atoms with E-state index in [2.05, 4.69) is 13.8 Å². The number of benzene rings is 1. The van der Waals surface area contributed by atoms with E-state index in [4.69, 9.17) is 18.5 Å². The molecule has 0 aliphatic rings. The summed E-state index contributed by atoms with van der Waals surface area (Å²) in [6.07, 6.45) is 4.46. The Bertz CT molecular complexity index is 345. The van der Waals surface area contributed by atoms with Gasteiger partial charge in [0.1, 0.15) is 5.75 Å². The van der Waals surface area contributed by atoms with Crippen molar-refractivity contribution in [2.24, 2.45) is 0 Å². The maximum Gasteiger partial charge on any atom is 0.543 e. The Morgan fingerprint density at radius 3 is 2.33 bits per heavy atom. The van der Waals surface area contributed by atoms with Gasteiger partial charge in [0, 0.05) is 0 Å². The number of hydrogen-bond donors (Lipinski definition) is 0. The average Bonchev–Trinajstić information content (AvgIpc) is 2.40. The molecule has 1 rings (SSSR count). The van der Waals surface area contributed by atoms with Gasteiger partial charge in [-0.15, -0.1) is 3.69 Å². The molecule has 0 aliphatic heterocycles. The topological polar surface area (TPSA) is 18.5 Å². The molecule has 0 radical (unpaired) electrons. The van der Waals surface area contributed by atoms with Crippen LogP contribution in [0.2, 0.25) is 0 Å². The van der Waals surface area contributed by atoms with Gasteiger partial charge in [-0.2, -0.15) is 0 Å². The van der Waals surface area contributed by atoms with Gasteiger partial charge in [-0.3, -0.25) is 0 Å². The third-order valence-electron chi connectivity index (χ3n) is 2.70. The fraction of sp³-hybridized carbons (Fsp3) is 0.571. The molecule has 1 aromatic rings. The highest BCUT2D eigenvalue weighted by Crippen LogP contribution is 2.16. The van der Waals surface area contributed by atoms with Crippen molar-refractivity contribution < 1.29 is 9.47 Å². The summed E-state index contributed by atoms with van der Waals surface area (Å²) in [5, 5.41) is 0. The van der Waals surface area contributed by atoms with Crippen LogP contribution in [0.4, 0.5) is 0 Å². The standard InChI is InChI=1S/C14H21O2.ClH.Mg/c1-3-5-11-15-13-7-9-14(10-8-13)16-12-6-4-2;;/h7-9H,3-6,11-12H2,1-2H3;1H;/q;;+1/p-1. The van der Waals surface area contributed by atoms with Crippen LogP contribution in [0.3, 0.4) is 0 Å². The predicted octanol–water partition coefficient (Wildman–Crippen LogP) is 3.53. The lowest BCUT2D eigenvalue weighted by molar-refractivity contribution is 0.303. The molecule has 4 heteroatoms. The Morgan fingerprint density at radius 2 is 1.72 bits per heavy atom. The van der Waals surface area contributed by atoms with E-state index in [-0.39, 0.29) is 0 Å². The largest absolute Gasteiger partial charge is 0.543 e. The smallest absolute Gasteiger partial charge is 0.496 e. The summed E-state index contributed by atoms with van der Waals surface area (Å²) in [4.78, 5) is 0. The van der Waals surface area contributed by atoms with Crippen LogP contribution in [-0.4, -0.2) is 32.5 Å². The lowest BCUT2D eigenvalue weighted by Crippen LogP contribution is -2.15. The highest BCUT2D eigenvalue weighted by molar-refractivity contribution is 7.01. The van der Waals surface area contributed by atoms with Crippen LogP contribution in [-0.2, 0) is 0 Å². The van der Waals surface area contributed by atoms with Crippen molar-refractivity contribution in [1.82, 2.24) is 0 Å². The van der Waals surface area contributed by atoms with Gasteiger partial charge in [-0.05, 0) is 31.0 Å². The lowest BCUT2D eigenvalue weighted by Gasteiger charge is -2.12. The number of ether oxygens (including phenoxy) is 2. The summed E-state index contributed by atoms with van der Waals surface area (Å²) in [6, 6.07) is 6.00. The Balaban J connectivity index is 2.58. The van der Waals surface area contributed by atoms with Crippen molar-refractivity contribution >= 4 is 32.0 Å². The first-order valence-electron chi connectivity index (χ1n) is 6.76. The molecule has 1 aromatic carbocycles. The number of rotatable bonds is 9. The molecule has 0 saturated carbocycles. The van der Waals surface area contributed by atoms with E-state index in [1.165, 1.54) is 0 Å². The van der Waals surface area contributed by atoms with Gasteiger partial charge in [0.25, 0.3) is 0 Å². The molecule has 0 aliphatic carbocycles. The summed E-state index contributed by atoms with van der Waals surface area (Å²) in [5.74, 6) is 1.85. The van der Waals surface area contributed by atoms with E-state index in [1.54, 1.807) is 0 Å². The van der Waals surface area contributed by atoms with Crippen molar-refractivity contribution in [2.45, 2.75) is 39.5 Å². The SMILES string of the molecule is CCCCOc1ccc(OCCCC)[c]([Mg][Cl])c1. The average molecular weight is 281 g/mol. The molecule has 0 unspecified atom stereocenters. The van der Waals surface area contributed by atoms with Gasteiger partial charge in [-0.1, -0.05) is 26.7 Å². The second-order valence-corrected chi connectivity index (χ2v) is 6.14. The van der Waals surface area contributed by atoms with Gasteiger partial charge >= 0.3 is 19.3 Å². The number of halogens is 1. The minimum Gasteiger partial charge on any atom is -0.496 e. The predicted molar refractivity (Wildman–Crippen MR) is 78.5 cm³/mol. The molecule has 0 amide bonds. The molecule has 0 spiro atoms. The van der Waals surface area contributed by atoms with Crippen molar-refractivity contribution in [3.63, 3.8) is 0 Å². The summed E-state index contributed by atoms with van der Waals surface area (Å²) in [7, 11) is 6.08. The van der Waals surface area contributed by atoms with Crippen LogP contribution in [0.5, 0.6) is 11.5 Å². The Hall–Kier alpha value is -0.124. The third kappa shape index (κ3) is 5.68. The molecular formula is C14H21ClMgO2. The normalized spacial score (nSPS) is 9.94. The van der Waals surface area contributed by atoms with Gasteiger partial charge in [0.05, 0.1) is 19.0 Å². The minimum atomic E-state index is -0.755. The van der Waals surface area contributed by atoms with E-state index >= 15 is 0 Å². The summed E-state index contributed by atoms with van der Waals surface area (Å²) in [5.41, 5.74) is 0. The zero-order valence-corrected chi connectivity index (χ0v) is 13.5. The van der Waals surface area contributed by atoms with Crippen LogP contribution in [0.1, 0.15) is 39.5 Å². The number of hydrogen-bond acceptors (Lipinski definition) is 2. The van der Waals surface area contributed by atoms with E-state index in [1.807, 2.05) is 18.2 Å². The van der Waals surface area contributed by atoms with E-state index < -0.39 is 19.3 Å². The lowest BCUT2D eigenvalue weighted by atomic mass is 10.3. The fourth-order valence-electron chi connectivity index (χ4n) is 1.55. The maximum absolute atomic E-state index is 6.08. The van der Waals surface area contributed by atoms with E-state index in [9.17, 15) is 0 Å². The summed E-state index contributed by atoms with van der Waals surface area (Å²) in [6.45, 7) is 5.86. The van der Waals surface area contributed by atoms with Crippen LogP contribution >= 0.6 is 9.07 Å². The zero-order chi connectivity index (χ0) is 13.2. The van der Waals surface area contributed by atoms with Gasteiger partial charge in [0.2, 0.25) is 0 Å². The molecule has 0 fully saturated rings. The van der Waals surface area contributed by atoms with Crippen LogP contribution in [0, 0.1) is 0 Å². The van der Waals surface area contributed by atoms with Crippen molar-refractivity contribution in [3.8, 4) is 11.5 Å². The zero-order valence-electron chi connectivity index (χ0n) is 11.4. The quantitative estimate of drug-likeness (QED) is 0.509. The monoisotopic (exact) mass is 280 g/mol. The van der Waals surface area contributed by atoms with Crippen molar-refractivity contribution in [1.29, 1.82) is 0 Å². The fourth-order valence-corrected chi connectivity index (χ4v) is 2.81. The highest BCUT2D eigenvalue weighted by atomic mass is 35.5. The molecule has 0 saturated heterocycles. The summed E-state index contributed by atoms with van der Waals surface area (Å²) >= 11 is -0.755. The Kier molecular flexibility index (Phi) is 8.64. The van der Waals surface area contributed by atoms with E-state index in [0.29, 0.717) is 0 Å². The second kappa shape index (κ2) is 9.76. The van der Waals surface area contributed by atoms with Crippen LogP contribution in [0.25, 0.3) is 0 Å². The molecular weight excluding hydrogens is 260 g/mol. The second-order valence-electron chi connectivity index (χ2n) is 4.31. The van der Waals surface area contributed by atoms with Gasteiger partial charge in [0.15, 0.2) is 0 Å². The Labute approximate surface area is 124 Å². The molecule has 0 heterocycles. The van der Waals surface area contributed by atoms with Crippen molar-refractivity contribution in [2.75, 3.05) is 13.2 Å². The molecule has 0 bridgehead atoms. The van der Waals surface area contributed by atoms with Crippen molar-refractivity contribution in [3.05, 3.63) is 18.2 Å². The Morgan fingerprint density at radius 1 is 1.06 bits per heavy atom. The first kappa shape index (κ1) is 15.9. The minimum absolute atomic E-state index is 0.755. The van der Waals surface area contributed by atoms with Crippen LogP contribution in [0.15, 0.2) is 18.2 Å². The maximum atomic E-state index is 6.08. The molecule has 18 heavy (non-hydrogen) atoms. The van der Waals surface area contributed by atoms with Gasteiger partial charge < -0.3 is 18.5 Å². The van der Waals surface area contributed by atoms with Gasteiger partial charge in [-0.25, -0.2) is 0 Å². The molecule has 0 N–H and O–H groups in total. The molecule has 0 aromatic heterocycles. The summed E-state index contributed by atoms with van der Waals surface area (Å²) < 4.78 is 12.6. The first-order chi connectivity index (χ1) is 8.81. The van der Waals surface area contributed by atoms with E-state index in [0.717, 1.165) is 54.1 Å². The molecule has 2 nitrogen and oxygen atoms in total. The molecule has 98 valence electrons. The number of unbranched alkanes of at least 4 members (excludes halogenated alkanes) is 2. The molecule has 0 atom stereocenters. The van der Waals surface area contributed by atoms with Crippen LogP contribution < -0.4 is 13.2 Å². The third-order valence-corrected chi connectivity index (χ3v) is 4.40. The first-order valence-corrected chi connectivity index (χ1v) is 9.60.